The molecule has 0 unspecified atom stereocenters. The molecule has 0 aliphatic heterocycles. The van der Waals surface area contributed by atoms with Crippen LogP contribution in [0, 0.1) is 5.92 Å². The molecule has 0 fully saturated rings. The minimum Gasteiger partial charge on any atom is -0.396 e. The highest BCUT2D eigenvalue weighted by atomic mass is 16.3. The SMILES string of the molecule is CC(C)C(=O)N(Cc1ccccc1)[C@H](C(=O)NCCCO)c1ccccc1. The highest BCUT2D eigenvalue weighted by Gasteiger charge is 2.32. The molecule has 0 heterocycles. The minimum absolute atomic E-state index is 0.00887. The molecule has 5 heteroatoms. The van der Waals surface area contributed by atoms with Gasteiger partial charge in [-0.15, -0.1) is 0 Å². The zero-order chi connectivity index (χ0) is 19.6. The van der Waals surface area contributed by atoms with E-state index in [1.807, 2.05) is 74.5 Å². The van der Waals surface area contributed by atoms with Gasteiger partial charge < -0.3 is 15.3 Å². The number of aliphatic hydroxyl groups is 1. The van der Waals surface area contributed by atoms with E-state index in [-0.39, 0.29) is 24.3 Å². The molecule has 0 radical (unpaired) electrons. The van der Waals surface area contributed by atoms with Crippen LogP contribution in [-0.4, -0.2) is 35.0 Å². The summed E-state index contributed by atoms with van der Waals surface area (Å²) in [4.78, 5) is 27.6. The topological polar surface area (TPSA) is 69.6 Å². The van der Waals surface area contributed by atoms with E-state index in [0.717, 1.165) is 11.1 Å². The van der Waals surface area contributed by atoms with Crippen molar-refractivity contribution in [3.63, 3.8) is 0 Å². The van der Waals surface area contributed by atoms with Crippen LogP contribution in [0.2, 0.25) is 0 Å². The summed E-state index contributed by atoms with van der Waals surface area (Å²) in [6, 6.07) is 18.3. The predicted molar refractivity (Wildman–Crippen MR) is 106 cm³/mol. The summed E-state index contributed by atoms with van der Waals surface area (Å²) < 4.78 is 0. The number of carbonyl (C=O) groups excluding carboxylic acids is 2. The van der Waals surface area contributed by atoms with Crippen molar-refractivity contribution in [2.75, 3.05) is 13.2 Å². The first kappa shape index (κ1) is 20.6. The molecule has 27 heavy (non-hydrogen) atoms. The van der Waals surface area contributed by atoms with Crippen molar-refractivity contribution in [1.82, 2.24) is 10.2 Å². The van der Waals surface area contributed by atoms with Crippen LogP contribution in [0.25, 0.3) is 0 Å². The van der Waals surface area contributed by atoms with Gasteiger partial charge in [0.25, 0.3) is 0 Å². The summed E-state index contributed by atoms with van der Waals surface area (Å²) in [6.07, 6.45) is 0.476. The average Bonchev–Trinajstić information content (AvgIpc) is 2.68. The molecule has 144 valence electrons. The molecule has 2 aromatic rings. The monoisotopic (exact) mass is 368 g/mol. The number of rotatable bonds is 9. The molecular formula is C22H28N2O3. The number of hydrogen-bond acceptors (Lipinski definition) is 3. The fourth-order valence-electron chi connectivity index (χ4n) is 2.90. The Bertz CT molecular complexity index is 717. The Morgan fingerprint density at radius 3 is 2.15 bits per heavy atom. The van der Waals surface area contributed by atoms with Crippen molar-refractivity contribution >= 4 is 11.8 Å². The van der Waals surface area contributed by atoms with Crippen LogP contribution in [-0.2, 0) is 16.1 Å². The molecule has 0 saturated heterocycles. The smallest absolute Gasteiger partial charge is 0.247 e. The van der Waals surface area contributed by atoms with Crippen LogP contribution >= 0.6 is 0 Å². The number of nitrogens with zero attached hydrogens (tertiary/aromatic N) is 1. The van der Waals surface area contributed by atoms with E-state index >= 15 is 0 Å². The Morgan fingerprint density at radius 2 is 1.59 bits per heavy atom. The van der Waals surface area contributed by atoms with Gasteiger partial charge in [0.05, 0.1) is 0 Å². The van der Waals surface area contributed by atoms with Crippen molar-refractivity contribution in [3.8, 4) is 0 Å². The van der Waals surface area contributed by atoms with E-state index in [9.17, 15) is 9.59 Å². The molecule has 2 rings (SSSR count). The fourth-order valence-corrected chi connectivity index (χ4v) is 2.90. The summed E-state index contributed by atoms with van der Waals surface area (Å²) in [5, 5.41) is 11.8. The lowest BCUT2D eigenvalue weighted by Crippen LogP contribution is -2.45. The number of benzene rings is 2. The highest BCUT2D eigenvalue weighted by Crippen LogP contribution is 2.25. The maximum atomic E-state index is 13.0. The van der Waals surface area contributed by atoms with Gasteiger partial charge in [-0.1, -0.05) is 74.5 Å². The maximum absolute atomic E-state index is 13.0. The third-order valence-electron chi connectivity index (χ3n) is 4.28. The van der Waals surface area contributed by atoms with Gasteiger partial charge in [-0.3, -0.25) is 9.59 Å². The standard InChI is InChI=1S/C22H28N2O3/c1-17(2)22(27)24(16-18-10-5-3-6-11-18)20(19-12-7-4-8-13-19)21(26)23-14-9-15-25/h3-8,10-13,17,20,25H,9,14-16H2,1-2H3,(H,23,26)/t20-/m0/s1. The van der Waals surface area contributed by atoms with Crippen LogP contribution in [0.1, 0.15) is 37.4 Å². The second-order valence-electron chi connectivity index (χ2n) is 6.79. The van der Waals surface area contributed by atoms with Crippen LogP contribution in [0.15, 0.2) is 60.7 Å². The third-order valence-corrected chi connectivity index (χ3v) is 4.28. The summed E-state index contributed by atoms with van der Waals surface area (Å²) >= 11 is 0. The van der Waals surface area contributed by atoms with E-state index in [4.69, 9.17) is 5.11 Å². The molecule has 0 bridgehead atoms. The van der Waals surface area contributed by atoms with Gasteiger partial charge in [0.15, 0.2) is 0 Å². The van der Waals surface area contributed by atoms with Crippen LogP contribution in [0.3, 0.4) is 0 Å². The van der Waals surface area contributed by atoms with Gasteiger partial charge in [-0.25, -0.2) is 0 Å². The number of aliphatic hydroxyl groups excluding tert-OH is 1. The molecule has 2 amide bonds. The van der Waals surface area contributed by atoms with Gasteiger partial charge in [0.2, 0.25) is 11.8 Å². The average molecular weight is 368 g/mol. The lowest BCUT2D eigenvalue weighted by molar-refractivity contribution is -0.144. The molecule has 1 atom stereocenters. The van der Waals surface area contributed by atoms with Crippen LogP contribution in [0.4, 0.5) is 0 Å². The Labute approximate surface area is 161 Å². The van der Waals surface area contributed by atoms with Crippen molar-refractivity contribution in [1.29, 1.82) is 0 Å². The summed E-state index contributed by atoms with van der Waals surface area (Å²) in [7, 11) is 0. The number of amides is 2. The second kappa shape index (κ2) is 10.5. The third kappa shape index (κ3) is 5.93. The summed E-state index contributed by atoms with van der Waals surface area (Å²) in [6.45, 7) is 4.41. The Balaban J connectivity index is 2.38. The Kier molecular flexibility index (Phi) is 8.01. The molecule has 0 saturated carbocycles. The molecule has 0 spiro atoms. The van der Waals surface area contributed by atoms with Gasteiger partial charge in [-0.05, 0) is 17.5 Å². The second-order valence-corrected chi connectivity index (χ2v) is 6.79. The van der Waals surface area contributed by atoms with Crippen molar-refractivity contribution in [3.05, 3.63) is 71.8 Å². The van der Waals surface area contributed by atoms with Gasteiger partial charge in [-0.2, -0.15) is 0 Å². The molecule has 0 aromatic heterocycles. The lowest BCUT2D eigenvalue weighted by atomic mass is 10.0. The minimum atomic E-state index is -0.722. The number of carbonyl (C=O) groups is 2. The largest absolute Gasteiger partial charge is 0.396 e. The molecule has 2 aromatic carbocycles. The number of hydrogen-bond donors (Lipinski definition) is 2. The molecule has 0 aliphatic rings. The summed E-state index contributed by atoms with van der Waals surface area (Å²) in [5.74, 6) is -0.547. The fraction of sp³-hybridized carbons (Fsp3) is 0.364. The van der Waals surface area contributed by atoms with Crippen molar-refractivity contribution in [2.24, 2.45) is 5.92 Å². The Hall–Kier alpha value is -2.66. The number of nitrogens with one attached hydrogen (secondary N) is 1. The van der Waals surface area contributed by atoms with Crippen molar-refractivity contribution < 1.29 is 14.7 Å². The molecule has 5 nitrogen and oxygen atoms in total. The van der Waals surface area contributed by atoms with E-state index < -0.39 is 6.04 Å². The van der Waals surface area contributed by atoms with E-state index in [1.165, 1.54) is 0 Å². The Morgan fingerprint density at radius 1 is 1.00 bits per heavy atom. The van der Waals surface area contributed by atoms with Gasteiger partial charge in [0, 0.05) is 25.6 Å². The van der Waals surface area contributed by atoms with Crippen LogP contribution < -0.4 is 5.32 Å². The van der Waals surface area contributed by atoms with Gasteiger partial charge >= 0.3 is 0 Å². The normalized spacial score (nSPS) is 11.9. The molecule has 2 N–H and O–H groups in total. The lowest BCUT2D eigenvalue weighted by Gasteiger charge is -2.33. The first-order valence-corrected chi connectivity index (χ1v) is 9.32. The molecule has 0 aliphatic carbocycles. The van der Waals surface area contributed by atoms with E-state index in [1.54, 1.807) is 4.90 Å². The van der Waals surface area contributed by atoms with E-state index in [2.05, 4.69) is 5.32 Å². The highest BCUT2D eigenvalue weighted by molar-refractivity contribution is 5.89. The maximum Gasteiger partial charge on any atom is 0.247 e. The van der Waals surface area contributed by atoms with Gasteiger partial charge in [0.1, 0.15) is 6.04 Å². The zero-order valence-corrected chi connectivity index (χ0v) is 16.0. The first-order chi connectivity index (χ1) is 13.0. The van der Waals surface area contributed by atoms with E-state index in [0.29, 0.717) is 19.5 Å². The quantitative estimate of drug-likeness (QED) is 0.669. The van der Waals surface area contributed by atoms with Crippen LogP contribution in [0.5, 0.6) is 0 Å². The molecular weight excluding hydrogens is 340 g/mol. The van der Waals surface area contributed by atoms with Crippen molar-refractivity contribution in [2.45, 2.75) is 32.9 Å². The first-order valence-electron chi connectivity index (χ1n) is 9.32. The zero-order valence-electron chi connectivity index (χ0n) is 16.0. The predicted octanol–water partition coefficient (Wildman–Crippen LogP) is 2.91. The summed E-state index contributed by atoms with van der Waals surface area (Å²) in [5.41, 5.74) is 1.74.